The van der Waals surface area contributed by atoms with Gasteiger partial charge in [0.25, 0.3) is 0 Å². The minimum atomic E-state index is -0.603. The molecule has 0 fully saturated rings. The van der Waals surface area contributed by atoms with Crippen molar-refractivity contribution in [3.8, 4) is 0 Å². The molecule has 8 heteroatoms. The van der Waals surface area contributed by atoms with Crippen molar-refractivity contribution < 1.29 is 9.59 Å². The molecule has 0 saturated carbocycles. The largest absolute Gasteiger partial charge is 0.350 e. The number of amides is 2. The molecule has 2 aromatic carbocycles. The van der Waals surface area contributed by atoms with E-state index in [1.807, 2.05) is 52.0 Å². The summed E-state index contributed by atoms with van der Waals surface area (Å²) in [5.74, 6) is 0.306. The number of carbonyl (C=O) groups is 2. The number of hydrogen-bond donors (Lipinski definition) is 1. The summed E-state index contributed by atoms with van der Waals surface area (Å²) < 4.78 is 0. The molecule has 0 aliphatic carbocycles. The molecule has 0 heterocycles. The van der Waals surface area contributed by atoms with E-state index in [9.17, 15) is 9.59 Å². The Bertz CT molecular complexity index is 930. The van der Waals surface area contributed by atoms with Crippen LogP contribution in [0.25, 0.3) is 0 Å². The van der Waals surface area contributed by atoms with E-state index in [4.69, 9.17) is 34.8 Å². The van der Waals surface area contributed by atoms with Crippen LogP contribution in [0, 0.1) is 0 Å². The molecule has 174 valence electrons. The normalized spacial score (nSPS) is 12.3. The Labute approximate surface area is 210 Å². The predicted octanol–water partition coefficient (Wildman–Crippen LogP) is 6.85. The van der Waals surface area contributed by atoms with Crippen LogP contribution in [-0.4, -0.2) is 34.0 Å². The molecule has 0 radical (unpaired) electrons. The molecule has 1 atom stereocenters. The van der Waals surface area contributed by atoms with Crippen molar-refractivity contribution in [2.75, 3.05) is 5.75 Å². The van der Waals surface area contributed by atoms with E-state index in [0.717, 1.165) is 10.5 Å². The van der Waals surface area contributed by atoms with Crippen molar-refractivity contribution >= 4 is 58.4 Å². The molecule has 0 aromatic heterocycles. The lowest BCUT2D eigenvalue weighted by Gasteiger charge is -2.33. The number of nitrogens with zero attached hydrogens (tertiary/aromatic N) is 1. The number of rotatable bonds is 9. The molecule has 32 heavy (non-hydrogen) atoms. The van der Waals surface area contributed by atoms with Gasteiger partial charge in [-0.1, -0.05) is 47.8 Å². The number of benzene rings is 2. The van der Waals surface area contributed by atoms with Crippen LogP contribution < -0.4 is 5.32 Å². The first kappa shape index (κ1) is 26.8. The SMILES string of the molecule is CCC(C(=O)NC(C)(C)C)N(Cc1ccc(Cl)cc1Cl)C(=O)CCSc1ccc(Cl)cc1. The third-order valence-electron chi connectivity index (χ3n) is 4.64. The molecule has 2 amide bonds. The van der Waals surface area contributed by atoms with E-state index in [2.05, 4.69) is 5.32 Å². The molecule has 2 aromatic rings. The van der Waals surface area contributed by atoms with Gasteiger partial charge in [0.1, 0.15) is 6.04 Å². The summed E-state index contributed by atoms with van der Waals surface area (Å²) in [5, 5.41) is 4.66. The van der Waals surface area contributed by atoms with Gasteiger partial charge in [-0.3, -0.25) is 9.59 Å². The molecule has 0 aliphatic heterocycles. The fourth-order valence-corrected chi connectivity index (χ4v) is 4.57. The first-order chi connectivity index (χ1) is 15.0. The summed E-state index contributed by atoms with van der Waals surface area (Å²) in [6, 6.07) is 12.1. The fourth-order valence-electron chi connectivity index (χ4n) is 3.14. The van der Waals surface area contributed by atoms with Crippen molar-refractivity contribution in [2.24, 2.45) is 0 Å². The summed E-state index contributed by atoms with van der Waals surface area (Å²) in [5.41, 5.74) is 0.346. The van der Waals surface area contributed by atoms with E-state index in [1.165, 1.54) is 0 Å². The maximum atomic E-state index is 13.3. The van der Waals surface area contributed by atoms with Gasteiger partial charge in [0, 0.05) is 44.2 Å². The van der Waals surface area contributed by atoms with Gasteiger partial charge in [-0.15, -0.1) is 11.8 Å². The number of thioether (sulfide) groups is 1. The number of carbonyl (C=O) groups excluding carboxylic acids is 2. The molecule has 0 aliphatic rings. The van der Waals surface area contributed by atoms with E-state index < -0.39 is 11.6 Å². The van der Waals surface area contributed by atoms with Crippen molar-refractivity contribution in [3.05, 3.63) is 63.1 Å². The number of hydrogen-bond acceptors (Lipinski definition) is 3. The molecular weight excluding hydrogens is 487 g/mol. The van der Waals surface area contributed by atoms with E-state index in [-0.39, 0.29) is 24.8 Å². The van der Waals surface area contributed by atoms with Crippen molar-refractivity contribution in [1.29, 1.82) is 0 Å². The predicted molar refractivity (Wildman–Crippen MR) is 136 cm³/mol. The lowest BCUT2D eigenvalue weighted by atomic mass is 10.1. The first-order valence-electron chi connectivity index (χ1n) is 10.4. The quantitative estimate of drug-likeness (QED) is 0.371. The standard InChI is InChI=1S/C24H29Cl3N2O2S/c1-5-21(23(31)28-24(2,3)4)29(15-16-6-7-18(26)14-20(16)27)22(30)12-13-32-19-10-8-17(25)9-11-19/h6-11,14,21H,5,12-13,15H2,1-4H3,(H,28,31). The topological polar surface area (TPSA) is 49.4 Å². The number of nitrogens with one attached hydrogen (secondary N) is 1. The van der Waals surface area contributed by atoms with Gasteiger partial charge >= 0.3 is 0 Å². The molecule has 1 N–H and O–H groups in total. The first-order valence-corrected chi connectivity index (χ1v) is 12.6. The molecular formula is C24H29Cl3N2O2S. The second-order valence-electron chi connectivity index (χ2n) is 8.47. The second-order valence-corrected chi connectivity index (χ2v) is 10.9. The van der Waals surface area contributed by atoms with Gasteiger partial charge in [-0.2, -0.15) is 0 Å². The Morgan fingerprint density at radius 2 is 1.66 bits per heavy atom. The average Bonchev–Trinajstić information content (AvgIpc) is 2.69. The van der Waals surface area contributed by atoms with E-state index >= 15 is 0 Å². The zero-order valence-corrected chi connectivity index (χ0v) is 21.8. The average molecular weight is 516 g/mol. The molecule has 0 spiro atoms. The Balaban J connectivity index is 2.19. The molecule has 4 nitrogen and oxygen atoms in total. The van der Waals surface area contributed by atoms with Gasteiger partial charge in [0.15, 0.2) is 0 Å². The van der Waals surface area contributed by atoms with Gasteiger partial charge < -0.3 is 10.2 Å². The number of halogens is 3. The maximum Gasteiger partial charge on any atom is 0.243 e. The lowest BCUT2D eigenvalue weighted by Crippen LogP contribution is -2.53. The van der Waals surface area contributed by atoms with E-state index in [1.54, 1.807) is 34.9 Å². The van der Waals surface area contributed by atoms with Gasteiger partial charge in [-0.05, 0) is 69.2 Å². The summed E-state index contributed by atoms with van der Waals surface area (Å²) in [6.45, 7) is 7.89. The summed E-state index contributed by atoms with van der Waals surface area (Å²) >= 11 is 19.9. The van der Waals surface area contributed by atoms with Crippen LogP contribution in [-0.2, 0) is 16.1 Å². The molecule has 0 saturated heterocycles. The van der Waals surface area contributed by atoms with Crippen molar-refractivity contribution in [3.63, 3.8) is 0 Å². The Morgan fingerprint density at radius 1 is 1.03 bits per heavy atom. The highest BCUT2D eigenvalue weighted by atomic mass is 35.5. The summed E-state index contributed by atoms with van der Waals surface area (Å²) in [4.78, 5) is 29.0. The zero-order chi connectivity index (χ0) is 23.9. The van der Waals surface area contributed by atoms with Gasteiger partial charge in [-0.25, -0.2) is 0 Å². The molecule has 2 rings (SSSR count). The van der Waals surface area contributed by atoms with E-state index in [0.29, 0.717) is 27.2 Å². The Kier molecular flexibility index (Phi) is 10.2. The molecule has 1 unspecified atom stereocenters. The van der Waals surface area contributed by atoms with Crippen LogP contribution >= 0.6 is 46.6 Å². The lowest BCUT2D eigenvalue weighted by molar-refractivity contribution is -0.141. The van der Waals surface area contributed by atoms with Crippen LogP contribution in [0.3, 0.4) is 0 Å². The van der Waals surface area contributed by atoms with Crippen molar-refractivity contribution in [2.45, 2.75) is 63.6 Å². The highest BCUT2D eigenvalue weighted by molar-refractivity contribution is 7.99. The van der Waals surface area contributed by atoms with Gasteiger partial charge in [0.2, 0.25) is 11.8 Å². The Morgan fingerprint density at radius 3 is 2.22 bits per heavy atom. The Hall–Kier alpha value is -1.40. The van der Waals surface area contributed by atoms with Gasteiger partial charge in [0.05, 0.1) is 0 Å². The monoisotopic (exact) mass is 514 g/mol. The smallest absolute Gasteiger partial charge is 0.243 e. The van der Waals surface area contributed by atoms with Crippen LogP contribution in [0.5, 0.6) is 0 Å². The van der Waals surface area contributed by atoms with Crippen LogP contribution in [0.15, 0.2) is 47.4 Å². The summed E-state index contributed by atoms with van der Waals surface area (Å²) in [6.07, 6.45) is 0.779. The highest BCUT2D eigenvalue weighted by Crippen LogP contribution is 2.25. The third kappa shape index (κ3) is 8.51. The second kappa shape index (κ2) is 12.2. The van der Waals surface area contributed by atoms with Crippen LogP contribution in [0.2, 0.25) is 15.1 Å². The zero-order valence-electron chi connectivity index (χ0n) is 18.8. The van der Waals surface area contributed by atoms with Crippen LogP contribution in [0.4, 0.5) is 0 Å². The third-order valence-corrected chi connectivity index (χ3v) is 6.49. The molecule has 0 bridgehead atoms. The minimum absolute atomic E-state index is 0.103. The van der Waals surface area contributed by atoms with Crippen LogP contribution in [0.1, 0.15) is 46.1 Å². The van der Waals surface area contributed by atoms with Crippen molar-refractivity contribution in [1.82, 2.24) is 10.2 Å². The minimum Gasteiger partial charge on any atom is -0.350 e. The summed E-state index contributed by atoms with van der Waals surface area (Å²) in [7, 11) is 0. The highest BCUT2D eigenvalue weighted by Gasteiger charge is 2.30. The fraction of sp³-hybridized carbons (Fsp3) is 0.417. The maximum absolute atomic E-state index is 13.3.